The minimum atomic E-state index is -1.15. The number of fused-ring (bicyclic) bond motifs is 1. The summed E-state index contributed by atoms with van der Waals surface area (Å²) >= 11 is 0. The second-order valence-electron chi connectivity index (χ2n) is 16.0. The molecule has 4 atom stereocenters. The molecular formula is C42H52F2N4O7. The fourth-order valence-corrected chi connectivity index (χ4v) is 6.39. The van der Waals surface area contributed by atoms with Gasteiger partial charge >= 0.3 is 12.1 Å². The highest BCUT2D eigenvalue weighted by atomic mass is 19.2. The van der Waals surface area contributed by atoms with E-state index >= 15 is 9.18 Å². The van der Waals surface area contributed by atoms with Crippen LogP contribution in [0.1, 0.15) is 94.0 Å². The normalized spacial score (nSPS) is 15.9. The van der Waals surface area contributed by atoms with Gasteiger partial charge in [0.05, 0.1) is 18.7 Å². The van der Waals surface area contributed by atoms with Gasteiger partial charge in [0.1, 0.15) is 23.7 Å². The van der Waals surface area contributed by atoms with Crippen molar-refractivity contribution in [3.8, 4) is 0 Å². The molecule has 3 aromatic carbocycles. The first-order valence-electron chi connectivity index (χ1n) is 18.2. The summed E-state index contributed by atoms with van der Waals surface area (Å²) in [6.07, 6.45) is -0.601. The van der Waals surface area contributed by atoms with Crippen LogP contribution in [-0.4, -0.2) is 82.4 Å². The Morgan fingerprint density at radius 2 is 1.51 bits per heavy atom. The van der Waals surface area contributed by atoms with E-state index in [2.05, 4.69) is 5.32 Å². The van der Waals surface area contributed by atoms with Crippen LogP contribution in [-0.2, 0) is 43.4 Å². The molecule has 3 aromatic rings. The number of nitrogens with one attached hydrogen (secondary N) is 1. The van der Waals surface area contributed by atoms with Gasteiger partial charge in [-0.1, -0.05) is 69.3 Å². The molecule has 0 aromatic heterocycles. The average molecular weight is 763 g/mol. The van der Waals surface area contributed by atoms with Gasteiger partial charge in [-0.05, 0) is 74.9 Å². The summed E-state index contributed by atoms with van der Waals surface area (Å²) in [6.45, 7) is 13.6. The molecule has 296 valence electrons. The monoisotopic (exact) mass is 762 g/mol. The summed E-state index contributed by atoms with van der Waals surface area (Å²) in [4.78, 5) is 72.5. The predicted molar refractivity (Wildman–Crippen MR) is 202 cm³/mol. The third-order valence-corrected chi connectivity index (χ3v) is 9.77. The molecule has 0 spiro atoms. The smallest absolute Gasteiger partial charge is 0.410 e. The molecule has 4 amide bonds. The van der Waals surface area contributed by atoms with Gasteiger partial charge in [0.15, 0.2) is 11.6 Å². The third kappa shape index (κ3) is 10.1. The van der Waals surface area contributed by atoms with Crippen molar-refractivity contribution in [2.75, 3.05) is 14.2 Å². The van der Waals surface area contributed by atoms with Crippen LogP contribution in [0.25, 0.3) is 0 Å². The first-order chi connectivity index (χ1) is 25.6. The Labute approximate surface area is 321 Å². The van der Waals surface area contributed by atoms with Crippen molar-refractivity contribution in [1.82, 2.24) is 20.0 Å². The van der Waals surface area contributed by atoms with Crippen LogP contribution in [0.4, 0.5) is 13.6 Å². The van der Waals surface area contributed by atoms with E-state index in [4.69, 9.17) is 9.47 Å². The molecule has 4 rings (SSSR count). The van der Waals surface area contributed by atoms with Crippen LogP contribution in [0.15, 0.2) is 66.7 Å². The molecule has 1 heterocycles. The number of benzene rings is 3. The van der Waals surface area contributed by atoms with Crippen LogP contribution in [0, 0.1) is 17.0 Å². The van der Waals surface area contributed by atoms with E-state index in [1.54, 1.807) is 72.7 Å². The number of methoxy groups -OCH3 is 1. The first-order valence-corrected chi connectivity index (χ1v) is 18.2. The number of amides is 4. The molecule has 0 saturated carbocycles. The zero-order valence-corrected chi connectivity index (χ0v) is 33.2. The van der Waals surface area contributed by atoms with Crippen LogP contribution >= 0.6 is 0 Å². The van der Waals surface area contributed by atoms with Crippen molar-refractivity contribution in [2.24, 2.45) is 5.41 Å². The highest BCUT2D eigenvalue weighted by molar-refractivity contribution is 5.95. The van der Waals surface area contributed by atoms with Crippen molar-refractivity contribution >= 4 is 29.8 Å². The van der Waals surface area contributed by atoms with Crippen molar-refractivity contribution < 1.29 is 42.2 Å². The minimum Gasteiger partial charge on any atom is -0.465 e. The van der Waals surface area contributed by atoms with Crippen molar-refractivity contribution in [1.29, 1.82) is 0 Å². The Morgan fingerprint density at radius 1 is 0.891 bits per heavy atom. The highest BCUT2D eigenvalue weighted by Gasteiger charge is 2.44. The number of halogens is 2. The lowest BCUT2D eigenvalue weighted by atomic mass is 9.84. The van der Waals surface area contributed by atoms with Gasteiger partial charge in [0.2, 0.25) is 17.7 Å². The molecule has 0 fully saturated rings. The maximum atomic E-state index is 15.3. The highest BCUT2D eigenvalue weighted by Crippen LogP contribution is 2.33. The average Bonchev–Trinajstić information content (AvgIpc) is 3.13. The summed E-state index contributed by atoms with van der Waals surface area (Å²) in [7, 11) is 2.70. The van der Waals surface area contributed by atoms with Crippen molar-refractivity contribution in [3.63, 3.8) is 0 Å². The number of esters is 1. The topological polar surface area (TPSA) is 126 Å². The van der Waals surface area contributed by atoms with Gasteiger partial charge < -0.3 is 24.6 Å². The van der Waals surface area contributed by atoms with Crippen LogP contribution in [0.3, 0.4) is 0 Å². The number of hydrogen-bond acceptors (Lipinski definition) is 7. The minimum absolute atomic E-state index is 0.0333. The molecule has 55 heavy (non-hydrogen) atoms. The quantitative estimate of drug-likeness (QED) is 0.232. The maximum absolute atomic E-state index is 15.3. The molecule has 1 aliphatic rings. The Balaban J connectivity index is 1.75. The van der Waals surface area contributed by atoms with E-state index in [1.165, 1.54) is 43.0 Å². The summed E-state index contributed by atoms with van der Waals surface area (Å²) in [5.74, 6) is -4.39. The molecule has 0 saturated heterocycles. The zero-order valence-electron chi connectivity index (χ0n) is 33.2. The molecule has 0 unspecified atom stereocenters. The number of carbonyl (C=O) groups excluding carboxylic acids is 5. The molecule has 1 aliphatic heterocycles. The second kappa shape index (κ2) is 17.0. The molecular weight excluding hydrogens is 710 g/mol. The van der Waals surface area contributed by atoms with Crippen molar-refractivity contribution in [3.05, 3.63) is 106 Å². The summed E-state index contributed by atoms with van der Waals surface area (Å²) in [6, 6.07) is 13.3. The fraction of sp³-hybridized carbons (Fsp3) is 0.452. The second-order valence-corrected chi connectivity index (χ2v) is 16.0. The van der Waals surface area contributed by atoms with Crippen LogP contribution in [0.2, 0.25) is 0 Å². The largest absolute Gasteiger partial charge is 0.465 e. The Kier molecular flexibility index (Phi) is 13.1. The molecule has 0 aliphatic carbocycles. The van der Waals surface area contributed by atoms with E-state index in [1.807, 2.05) is 24.3 Å². The number of likely N-dealkylation sites (N-methyl/N-ethyl adjacent to an activating group) is 1. The number of ether oxygens (including phenoxy) is 2. The Hall–Kier alpha value is -5.33. The van der Waals surface area contributed by atoms with Gasteiger partial charge in [-0.3, -0.25) is 19.3 Å². The molecule has 11 nitrogen and oxygen atoms in total. The van der Waals surface area contributed by atoms with Crippen molar-refractivity contribution in [2.45, 2.75) is 105 Å². The van der Waals surface area contributed by atoms with E-state index in [-0.39, 0.29) is 30.6 Å². The summed E-state index contributed by atoms with van der Waals surface area (Å²) < 4.78 is 40.2. The van der Waals surface area contributed by atoms with Gasteiger partial charge in [0, 0.05) is 32.1 Å². The lowest BCUT2D eigenvalue weighted by Crippen LogP contribution is -2.62. The molecule has 1 N–H and O–H groups in total. The Bertz CT molecular complexity index is 1900. The summed E-state index contributed by atoms with van der Waals surface area (Å²) in [5, 5.41) is 2.85. The number of rotatable bonds is 10. The standard InChI is InChI=1S/C42H52F2N4O7/c1-25(31-16-13-17-32(43)34(31)44)47(23-27-18-20-28(21-19-27)39(52)54-10)37(50)33-22-29-14-11-12-15-30(29)24-48(33)38(51)35(41(3,4)5)45-36(49)26(2)46(9)40(53)55-42(6,7)8/h11-21,25-26,33,35H,22-24H2,1-10H3,(H,45,49)/t25-,26+,33+,35-/m1/s1. The van der Waals surface area contributed by atoms with Crippen LogP contribution < -0.4 is 5.32 Å². The van der Waals surface area contributed by atoms with Gasteiger partial charge in [-0.2, -0.15) is 0 Å². The Morgan fingerprint density at radius 3 is 2.09 bits per heavy atom. The number of hydrogen-bond donors (Lipinski definition) is 1. The van der Waals surface area contributed by atoms with Gasteiger partial charge in [0.25, 0.3) is 0 Å². The molecule has 13 heteroatoms. The lowest BCUT2D eigenvalue weighted by molar-refractivity contribution is -0.152. The molecule has 0 bridgehead atoms. The van der Waals surface area contributed by atoms with E-state index in [0.29, 0.717) is 5.56 Å². The zero-order chi connectivity index (χ0) is 41.0. The lowest BCUT2D eigenvalue weighted by Gasteiger charge is -2.43. The van der Waals surface area contributed by atoms with Gasteiger partial charge in [-0.15, -0.1) is 0 Å². The number of carbonyl (C=O) groups is 5. The fourth-order valence-electron chi connectivity index (χ4n) is 6.39. The van der Waals surface area contributed by atoms with E-state index < -0.39 is 76.6 Å². The first kappa shape index (κ1) is 42.4. The van der Waals surface area contributed by atoms with Crippen LogP contribution in [0.5, 0.6) is 0 Å². The summed E-state index contributed by atoms with van der Waals surface area (Å²) in [5.41, 5.74) is 0.803. The number of nitrogens with zero attached hydrogens (tertiary/aromatic N) is 3. The van der Waals surface area contributed by atoms with Gasteiger partial charge in [-0.25, -0.2) is 18.4 Å². The van der Waals surface area contributed by atoms with E-state index in [0.717, 1.165) is 22.1 Å². The molecule has 0 radical (unpaired) electrons. The van der Waals surface area contributed by atoms with E-state index in [9.17, 15) is 23.6 Å². The predicted octanol–water partition coefficient (Wildman–Crippen LogP) is 6.58. The SMILES string of the molecule is COC(=O)c1ccc(CN(C(=O)[C@@H]2Cc3ccccc3CN2C(=O)[C@@H](NC(=O)[C@H](C)N(C)C(=O)OC(C)(C)C)C(C)(C)C)[C@H](C)c2cccc(F)c2F)cc1. The third-order valence-electron chi connectivity index (χ3n) is 9.77. The maximum Gasteiger partial charge on any atom is 0.410 e.